The number of rotatable bonds is 8. The van der Waals surface area contributed by atoms with Crippen LogP contribution in [0.5, 0.6) is 0 Å². The Bertz CT molecular complexity index is 546. The van der Waals surface area contributed by atoms with Gasteiger partial charge in [0.05, 0.1) is 12.5 Å². The van der Waals surface area contributed by atoms with Crippen LogP contribution in [-0.4, -0.2) is 35.3 Å². The Balaban J connectivity index is 2.50. The Labute approximate surface area is 126 Å². The zero-order valence-corrected chi connectivity index (χ0v) is 12.4. The average molecular weight is 313 g/mol. The molecule has 0 radical (unpaired) electrons. The molecular formula is C13H19N3O6+2. The first-order valence-electron chi connectivity index (χ1n) is 6.63. The zero-order valence-electron chi connectivity index (χ0n) is 12.4. The van der Waals surface area contributed by atoms with Crippen molar-refractivity contribution in [3.63, 3.8) is 0 Å². The molecule has 0 saturated heterocycles. The van der Waals surface area contributed by atoms with Crippen molar-refractivity contribution < 1.29 is 34.0 Å². The van der Waals surface area contributed by atoms with E-state index in [9.17, 15) is 14.5 Å². The van der Waals surface area contributed by atoms with Crippen LogP contribution in [0.15, 0.2) is 24.5 Å². The molecule has 0 aromatic carbocycles. The highest BCUT2D eigenvalue weighted by Gasteiger charge is 2.14. The molecule has 0 spiro atoms. The lowest BCUT2D eigenvalue weighted by Gasteiger charge is -2.05. The van der Waals surface area contributed by atoms with Crippen molar-refractivity contribution in [2.24, 2.45) is 5.92 Å². The van der Waals surface area contributed by atoms with E-state index >= 15 is 0 Å². The summed E-state index contributed by atoms with van der Waals surface area (Å²) in [5.41, 5.74) is 0.353. The van der Waals surface area contributed by atoms with Crippen LogP contribution in [0.4, 0.5) is 0 Å². The van der Waals surface area contributed by atoms with Crippen LogP contribution in [0, 0.1) is 10.8 Å². The molecular weight excluding hydrogens is 294 g/mol. The third-order valence-corrected chi connectivity index (χ3v) is 2.54. The molecule has 120 valence electrons. The van der Waals surface area contributed by atoms with E-state index in [1.807, 2.05) is 0 Å². The summed E-state index contributed by atoms with van der Waals surface area (Å²) in [4.78, 5) is 37.5. The van der Waals surface area contributed by atoms with Crippen molar-refractivity contribution in [1.29, 1.82) is 0 Å². The van der Waals surface area contributed by atoms with Gasteiger partial charge < -0.3 is 10.1 Å². The zero-order chi connectivity index (χ0) is 16.5. The van der Waals surface area contributed by atoms with Crippen LogP contribution < -0.4 is 9.88 Å². The first kappa shape index (κ1) is 17.3. The molecule has 1 amide bonds. The van der Waals surface area contributed by atoms with Gasteiger partial charge in [-0.25, -0.2) is 5.21 Å². The number of ether oxygens (including phenoxy) is 1. The van der Waals surface area contributed by atoms with Crippen molar-refractivity contribution in [3.8, 4) is 0 Å². The SMILES string of the molecule is CC(C)C(=O)OC[n+]1cccc(C(=O)NCCO[N+](=O)O)c1. The van der Waals surface area contributed by atoms with Gasteiger partial charge >= 0.3 is 11.1 Å². The maximum Gasteiger partial charge on any atom is 0.475 e. The van der Waals surface area contributed by atoms with Crippen LogP contribution >= 0.6 is 0 Å². The van der Waals surface area contributed by atoms with E-state index < -0.39 is 5.09 Å². The number of nitrogens with one attached hydrogen (secondary N) is 1. The highest BCUT2D eigenvalue weighted by atomic mass is 16.9. The van der Waals surface area contributed by atoms with Gasteiger partial charge in [0, 0.05) is 6.07 Å². The van der Waals surface area contributed by atoms with Gasteiger partial charge in [0.15, 0.2) is 19.0 Å². The summed E-state index contributed by atoms with van der Waals surface area (Å²) in [6, 6.07) is 3.23. The molecule has 9 heteroatoms. The van der Waals surface area contributed by atoms with E-state index in [0.29, 0.717) is 5.56 Å². The Morgan fingerprint density at radius 2 is 2.18 bits per heavy atom. The summed E-state index contributed by atoms with van der Waals surface area (Å²) in [5.74, 6) is -0.937. The van der Waals surface area contributed by atoms with Gasteiger partial charge in [-0.05, 0) is 6.07 Å². The summed E-state index contributed by atoms with van der Waals surface area (Å²) in [5, 5.41) is 10.0. The summed E-state index contributed by atoms with van der Waals surface area (Å²) < 4.78 is 6.61. The Kier molecular flexibility index (Phi) is 6.74. The average Bonchev–Trinajstić information content (AvgIpc) is 2.48. The number of hydrogen-bond donors (Lipinski definition) is 2. The van der Waals surface area contributed by atoms with Crippen molar-refractivity contribution in [2.45, 2.75) is 20.6 Å². The molecule has 0 atom stereocenters. The van der Waals surface area contributed by atoms with Crippen molar-refractivity contribution >= 4 is 11.9 Å². The molecule has 0 bridgehead atoms. The van der Waals surface area contributed by atoms with Gasteiger partial charge in [-0.1, -0.05) is 13.8 Å². The molecule has 9 nitrogen and oxygen atoms in total. The van der Waals surface area contributed by atoms with Crippen molar-refractivity contribution in [2.75, 3.05) is 13.2 Å². The number of pyridine rings is 1. The van der Waals surface area contributed by atoms with E-state index in [1.165, 1.54) is 6.20 Å². The maximum absolute atomic E-state index is 11.8. The van der Waals surface area contributed by atoms with Crippen LogP contribution in [0.25, 0.3) is 0 Å². The number of carbonyl (C=O) groups excluding carboxylic acids is 2. The first-order chi connectivity index (χ1) is 10.4. The molecule has 2 N–H and O–H groups in total. The highest BCUT2D eigenvalue weighted by molar-refractivity contribution is 5.93. The van der Waals surface area contributed by atoms with Crippen LogP contribution in [-0.2, 0) is 21.1 Å². The maximum atomic E-state index is 11.8. The molecule has 0 fully saturated rings. The van der Waals surface area contributed by atoms with E-state index in [2.05, 4.69) is 10.2 Å². The Morgan fingerprint density at radius 3 is 2.82 bits per heavy atom. The lowest BCUT2D eigenvalue weighted by atomic mass is 10.2. The number of nitrogens with zero attached hydrogens (tertiary/aromatic N) is 2. The minimum Gasteiger partial charge on any atom is -0.405 e. The number of esters is 1. The second-order valence-corrected chi connectivity index (χ2v) is 4.68. The monoisotopic (exact) mass is 313 g/mol. The molecule has 0 aliphatic heterocycles. The molecule has 1 aromatic rings. The van der Waals surface area contributed by atoms with Crippen LogP contribution in [0.3, 0.4) is 0 Å². The highest BCUT2D eigenvalue weighted by Crippen LogP contribution is 1.97. The Hall–Kier alpha value is -2.71. The second-order valence-electron chi connectivity index (χ2n) is 4.68. The third-order valence-electron chi connectivity index (χ3n) is 2.54. The van der Waals surface area contributed by atoms with E-state index in [0.717, 1.165) is 0 Å². The van der Waals surface area contributed by atoms with E-state index in [4.69, 9.17) is 9.94 Å². The molecule has 1 aromatic heterocycles. The summed E-state index contributed by atoms with van der Waals surface area (Å²) in [6.07, 6.45) is 3.18. The number of hydrogen-bond acceptors (Lipinski definition) is 5. The van der Waals surface area contributed by atoms with Gasteiger partial charge in [0.1, 0.15) is 10.5 Å². The summed E-state index contributed by atoms with van der Waals surface area (Å²) in [6.45, 7) is 3.36. The lowest BCUT2D eigenvalue weighted by molar-refractivity contribution is -0.975. The molecule has 1 rings (SSSR count). The van der Waals surface area contributed by atoms with Gasteiger partial charge in [-0.2, -0.15) is 9.40 Å². The lowest BCUT2D eigenvalue weighted by Crippen LogP contribution is -2.38. The predicted molar refractivity (Wildman–Crippen MR) is 71.3 cm³/mol. The van der Waals surface area contributed by atoms with Crippen molar-refractivity contribution in [1.82, 2.24) is 5.32 Å². The van der Waals surface area contributed by atoms with Gasteiger partial charge in [-0.3, -0.25) is 9.59 Å². The normalized spacial score (nSPS) is 10.1. The number of aromatic nitrogens is 1. The molecule has 1 heterocycles. The minimum absolute atomic E-state index is 0.0108. The molecule has 0 aliphatic carbocycles. The fourth-order valence-corrected chi connectivity index (χ4v) is 1.43. The standard InChI is InChI=1S/C13H18N3O6/c1-10(2)13(18)21-9-15-6-3-4-11(8-15)12(17)14-5-7-22-16(19)20/h3-4,6,8,10H,5,7,9H2,1-2H3,(H-,14,17,19,20)/q+1/p+1. The fourth-order valence-electron chi connectivity index (χ4n) is 1.43. The topological polar surface area (TPSA) is 109 Å². The molecule has 22 heavy (non-hydrogen) atoms. The summed E-state index contributed by atoms with van der Waals surface area (Å²) >= 11 is 0. The van der Waals surface area contributed by atoms with E-state index in [-0.39, 0.29) is 37.7 Å². The summed E-state index contributed by atoms with van der Waals surface area (Å²) in [7, 11) is 0. The predicted octanol–water partition coefficient (Wildman–Crippen LogP) is -0.0397. The van der Waals surface area contributed by atoms with E-state index in [1.54, 1.807) is 36.7 Å². The number of carbonyl (C=O) groups is 2. The second kappa shape index (κ2) is 8.55. The Morgan fingerprint density at radius 1 is 1.45 bits per heavy atom. The van der Waals surface area contributed by atoms with Gasteiger partial charge in [-0.15, -0.1) is 0 Å². The minimum atomic E-state index is -0.675. The quantitative estimate of drug-likeness (QED) is 0.302. The fraction of sp³-hybridized carbons (Fsp3) is 0.462. The molecule has 0 saturated carbocycles. The molecule has 0 aliphatic rings. The van der Waals surface area contributed by atoms with Gasteiger partial charge in [0.2, 0.25) is 0 Å². The largest absolute Gasteiger partial charge is 0.475 e. The number of amides is 1. The third kappa shape index (κ3) is 6.16. The molecule has 0 unspecified atom stereocenters. The van der Waals surface area contributed by atoms with Gasteiger partial charge in [0.25, 0.3) is 12.6 Å². The first-order valence-corrected chi connectivity index (χ1v) is 6.63. The smallest absolute Gasteiger partial charge is 0.405 e. The van der Waals surface area contributed by atoms with Crippen molar-refractivity contribution in [3.05, 3.63) is 35.0 Å². The van der Waals surface area contributed by atoms with Crippen LogP contribution in [0.2, 0.25) is 0 Å². The van der Waals surface area contributed by atoms with Crippen LogP contribution in [0.1, 0.15) is 24.2 Å².